The Morgan fingerprint density at radius 2 is 2.24 bits per heavy atom. The smallest absolute Gasteiger partial charge is 0.0951 e. The van der Waals surface area contributed by atoms with Gasteiger partial charge in [-0.05, 0) is 12.0 Å². The predicted octanol–water partition coefficient (Wildman–Crippen LogP) is 2.99. The summed E-state index contributed by atoms with van der Waals surface area (Å²) in [5.41, 5.74) is 9.91. The lowest BCUT2D eigenvalue weighted by atomic mass is 10.1. The highest BCUT2D eigenvalue weighted by Crippen LogP contribution is 2.39. The third kappa shape index (κ3) is 1.90. The van der Waals surface area contributed by atoms with Crippen molar-refractivity contribution in [3.05, 3.63) is 39.7 Å². The summed E-state index contributed by atoms with van der Waals surface area (Å²) in [6.07, 6.45) is 2.97. The Kier molecular flexibility index (Phi) is 2.73. The zero-order valence-corrected chi connectivity index (χ0v) is 10.8. The number of aromatic nitrogens is 1. The Labute approximate surface area is 106 Å². The molecule has 0 fully saturated rings. The molecule has 1 heterocycles. The summed E-state index contributed by atoms with van der Waals surface area (Å²) >= 11 is 1.83. The van der Waals surface area contributed by atoms with Crippen molar-refractivity contribution in [1.29, 1.82) is 0 Å². The SMILES string of the molecule is CCC(N)Cc1nc2c(s1)Cc1ccccc1-2. The zero-order chi connectivity index (χ0) is 11.8. The summed E-state index contributed by atoms with van der Waals surface area (Å²) in [4.78, 5) is 6.17. The van der Waals surface area contributed by atoms with Crippen LogP contribution in [0.25, 0.3) is 11.3 Å². The first-order valence-corrected chi connectivity index (χ1v) is 6.92. The minimum Gasteiger partial charge on any atom is -0.327 e. The molecule has 0 radical (unpaired) electrons. The zero-order valence-electron chi connectivity index (χ0n) is 9.94. The van der Waals surface area contributed by atoms with Crippen molar-refractivity contribution in [3.63, 3.8) is 0 Å². The van der Waals surface area contributed by atoms with E-state index in [2.05, 4.69) is 31.2 Å². The highest BCUT2D eigenvalue weighted by molar-refractivity contribution is 7.12. The fraction of sp³-hybridized carbons (Fsp3) is 0.357. The molecule has 1 aromatic heterocycles. The van der Waals surface area contributed by atoms with E-state index in [1.807, 2.05) is 11.3 Å². The van der Waals surface area contributed by atoms with Crippen LogP contribution in [0, 0.1) is 0 Å². The molecule has 2 aromatic rings. The summed E-state index contributed by atoms with van der Waals surface area (Å²) in [6.45, 7) is 2.13. The van der Waals surface area contributed by atoms with Crippen LogP contribution in [-0.4, -0.2) is 11.0 Å². The van der Waals surface area contributed by atoms with Crippen LogP contribution in [-0.2, 0) is 12.8 Å². The molecule has 3 heteroatoms. The van der Waals surface area contributed by atoms with Gasteiger partial charge in [-0.1, -0.05) is 31.2 Å². The van der Waals surface area contributed by atoms with Crippen molar-refractivity contribution >= 4 is 11.3 Å². The summed E-state index contributed by atoms with van der Waals surface area (Å²) < 4.78 is 0. The summed E-state index contributed by atoms with van der Waals surface area (Å²) in [6, 6.07) is 8.80. The van der Waals surface area contributed by atoms with Crippen LogP contribution >= 0.6 is 11.3 Å². The topological polar surface area (TPSA) is 38.9 Å². The van der Waals surface area contributed by atoms with Crippen molar-refractivity contribution < 1.29 is 0 Å². The van der Waals surface area contributed by atoms with Gasteiger partial charge in [-0.2, -0.15) is 0 Å². The van der Waals surface area contributed by atoms with E-state index in [-0.39, 0.29) is 6.04 Å². The van der Waals surface area contributed by atoms with E-state index >= 15 is 0 Å². The van der Waals surface area contributed by atoms with Crippen LogP contribution in [0.4, 0.5) is 0 Å². The number of fused-ring (bicyclic) bond motifs is 3. The number of rotatable bonds is 3. The molecule has 0 aliphatic heterocycles. The number of nitrogens with zero attached hydrogens (tertiary/aromatic N) is 1. The molecule has 0 amide bonds. The molecular formula is C14H16N2S. The predicted molar refractivity (Wildman–Crippen MR) is 72.3 cm³/mol. The number of thiazole rings is 1. The second-order valence-electron chi connectivity index (χ2n) is 4.59. The van der Waals surface area contributed by atoms with Crippen LogP contribution in [0.5, 0.6) is 0 Å². The first-order chi connectivity index (χ1) is 8.28. The van der Waals surface area contributed by atoms with Gasteiger partial charge in [-0.3, -0.25) is 0 Å². The van der Waals surface area contributed by atoms with Gasteiger partial charge in [0, 0.05) is 29.3 Å². The lowest BCUT2D eigenvalue weighted by molar-refractivity contribution is 0.644. The normalized spacial score (nSPS) is 14.5. The quantitative estimate of drug-likeness (QED) is 0.769. The first kappa shape index (κ1) is 10.9. The van der Waals surface area contributed by atoms with Crippen LogP contribution in [0.2, 0.25) is 0 Å². The van der Waals surface area contributed by atoms with Gasteiger partial charge in [0.25, 0.3) is 0 Å². The first-order valence-electron chi connectivity index (χ1n) is 6.10. The van der Waals surface area contributed by atoms with E-state index in [1.165, 1.54) is 26.7 Å². The van der Waals surface area contributed by atoms with Gasteiger partial charge in [0.1, 0.15) is 0 Å². The van der Waals surface area contributed by atoms with Gasteiger partial charge in [0.05, 0.1) is 10.7 Å². The van der Waals surface area contributed by atoms with Crippen molar-refractivity contribution in [2.24, 2.45) is 5.73 Å². The van der Waals surface area contributed by atoms with E-state index in [0.29, 0.717) is 0 Å². The van der Waals surface area contributed by atoms with Gasteiger partial charge >= 0.3 is 0 Å². The number of nitrogens with two attached hydrogens (primary N) is 1. The molecule has 0 spiro atoms. The molecule has 1 aliphatic carbocycles. The molecule has 1 unspecified atom stereocenters. The van der Waals surface area contributed by atoms with Crippen molar-refractivity contribution in [2.45, 2.75) is 32.2 Å². The monoisotopic (exact) mass is 244 g/mol. The Morgan fingerprint density at radius 3 is 3.06 bits per heavy atom. The van der Waals surface area contributed by atoms with E-state index in [1.54, 1.807) is 0 Å². The van der Waals surface area contributed by atoms with Crippen LogP contribution in [0.3, 0.4) is 0 Å². The summed E-state index contributed by atoms with van der Waals surface area (Å²) in [5, 5.41) is 1.19. The minimum atomic E-state index is 0.247. The Hall–Kier alpha value is -1.19. The van der Waals surface area contributed by atoms with E-state index in [0.717, 1.165) is 19.3 Å². The van der Waals surface area contributed by atoms with Crippen molar-refractivity contribution in [1.82, 2.24) is 4.98 Å². The van der Waals surface area contributed by atoms with Gasteiger partial charge < -0.3 is 5.73 Å². The second-order valence-corrected chi connectivity index (χ2v) is 5.75. The number of hydrogen-bond acceptors (Lipinski definition) is 3. The average molecular weight is 244 g/mol. The minimum absolute atomic E-state index is 0.247. The molecule has 17 heavy (non-hydrogen) atoms. The molecular weight excluding hydrogens is 228 g/mol. The Bertz CT molecular complexity index is 545. The van der Waals surface area contributed by atoms with Gasteiger partial charge in [0.2, 0.25) is 0 Å². The maximum absolute atomic E-state index is 5.99. The third-order valence-electron chi connectivity index (χ3n) is 3.33. The molecule has 1 atom stereocenters. The third-order valence-corrected chi connectivity index (χ3v) is 4.40. The van der Waals surface area contributed by atoms with Crippen LogP contribution in [0.1, 0.15) is 28.8 Å². The number of hydrogen-bond donors (Lipinski definition) is 1. The lowest BCUT2D eigenvalue weighted by Gasteiger charge is -2.05. The lowest BCUT2D eigenvalue weighted by Crippen LogP contribution is -2.21. The molecule has 1 aliphatic rings. The van der Waals surface area contributed by atoms with E-state index < -0.39 is 0 Å². The summed E-state index contributed by atoms with van der Waals surface area (Å²) in [7, 11) is 0. The molecule has 3 rings (SSSR count). The van der Waals surface area contributed by atoms with Crippen LogP contribution in [0.15, 0.2) is 24.3 Å². The number of benzene rings is 1. The Balaban J connectivity index is 1.93. The molecule has 2 N–H and O–H groups in total. The Morgan fingerprint density at radius 1 is 1.41 bits per heavy atom. The molecule has 0 saturated heterocycles. The second kappa shape index (κ2) is 4.24. The largest absolute Gasteiger partial charge is 0.327 e. The molecule has 1 aromatic carbocycles. The van der Waals surface area contributed by atoms with E-state index in [9.17, 15) is 0 Å². The molecule has 0 bridgehead atoms. The fourth-order valence-corrected chi connectivity index (χ4v) is 3.46. The van der Waals surface area contributed by atoms with E-state index in [4.69, 9.17) is 10.7 Å². The highest BCUT2D eigenvalue weighted by Gasteiger charge is 2.22. The average Bonchev–Trinajstić information content (AvgIpc) is 2.85. The standard InChI is InChI=1S/C14H16N2S/c1-2-10(15)8-13-16-14-11-6-4-3-5-9(11)7-12(14)17-13/h3-6,10H,2,7-8,15H2,1H3. The molecule has 0 saturated carbocycles. The van der Waals surface area contributed by atoms with Gasteiger partial charge in [-0.25, -0.2) is 4.98 Å². The highest BCUT2D eigenvalue weighted by atomic mass is 32.1. The van der Waals surface area contributed by atoms with Crippen molar-refractivity contribution in [2.75, 3.05) is 0 Å². The fourth-order valence-electron chi connectivity index (χ4n) is 2.27. The van der Waals surface area contributed by atoms with Crippen molar-refractivity contribution in [3.8, 4) is 11.3 Å². The van der Waals surface area contributed by atoms with Gasteiger partial charge in [0.15, 0.2) is 0 Å². The van der Waals surface area contributed by atoms with Crippen LogP contribution < -0.4 is 5.73 Å². The van der Waals surface area contributed by atoms with Gasteiger partial charge in [-0.15, -0.1) is 11.3 Å². The maximum atomic E-state index is 5.99. The molecule has 88 valence electrons. The summed E-state index contributed by atoms with van der Waals surface area (Å²) in [5.74, 6) is 0. The molecule has 2 nitrogen and oxygen atoms in total. The maximum Gasteiger partial charge on any atom is 0.0951 e.